The van der Waals surface area contributed by atoms with Gasteiger partial charge in [0, 0.05) is 31.6 Å². The van der Waals surface area contributed by atoms with Crippen molar-refractivity contribution in [2.75, 3.05) is 38.6 Å². The molecule has 1 aliphatic rings. The molecule has 2 heterocycles. The van der Waals surface area contributed by atoms with Gasteiger partial charge in [-0.2, -0.15) is 4.31 Å². The summed E-state index contributed by atoms with van der Waals surface area (Å²) in [7, 11) is -1.90. The quantitative estimate of drug-likeness (QED) is 0.310. The Kier molecular flexibility index (Phi) is 7.83. The average Bonchev–Trinajstić information content (AvgIpc) is 2.97. The predicted octanol–water partition coefficient (Wildman–Crippen LogP) is 5.57. The van der Waals surface area contributed by atoms with E-state index < -0.39 is 10.0 Å². The summed E-state index contributed by atoms with van der Waals surface area (Å²) < 4.78 is 33.7. The van der Waals surface area contributed by atoms with E-state index in [9.17, 15) is 8.42 Å². The number of methoxy groups -OCH3 is 1. The van der Waals surface area contributed by atoms with Crippen LogP contribution in [0.5, 0.6) is 5.75 Å². The van der Waals surface area contributed by atoms with Crippen LogP contribution in [-0.2, 0) is 10.0 Å². The standard InChI is InChI=1S/C30H35N5O3S/c1-21(2)23-13-15-24(16-14-23)39(36,37)35-19-17-34(18-20-35)22(3)29-31-26-10-6-5-9-25(26)30(33-29)32-27-11-7-8-12-28(27)38-4/h5-16,21-22H,17-20H2,1-4H3,(H,31,32,33)/t22-/m1/s1. The Morgan fingerprint density at radius 1 is 0.846 bits per heavy atom. The van der Waals surface area contributed by atoms with Crippen LogP contribution in [0.2, 0.25) is 0 Å². The number of benzene rings is 3. The summed E-state index contributed by atoms with van der Waals surface area (Å²) in [5.41, 5.74) is 2.79. The highest BCUT2D eigenvalue weighted by molar-refractivity contribution is 7.89. The molecule has 0 radical (unpaired) electrons. The second kappa shape index (κ2) is 11.3. The molecule has 8 nitrogen and oxygen atoms in total. The molecule has 1 aromatic heterocycles. The summed E-state index contributed by atoms with van der Waals surface area (Å²) in [5.74, 6) is 2.48. The number of hydrogen-bond donors (Lipinski definition) is 1. The largest absolute Gasteiger partial charge is 0.495 e. The van der Waals surface area contributed by atoms with Gasteiger partial charge >= 0.3 is 0 Å². The van der Waals surface area contributed by atoms with Gasteiger partial charge in [-0.25, -0.2) is 18.4 Å². The van der Waals surface area contributed by atoms with Crippen molar-refractivity contribution in [1.29, 1.82) is 0 Å². The van der Waals surface area contributed by atoms with Crippen LogP contribution in [0.1, 0.15) is 44.1 Å². The van der Waals surface area contributed by atoms with Crippen molar-refractivity contribution in [2.45, 2.75) is 37.6 Å². The highest BCUT2D eigenvalue weighted by Gasteiger charge is 2.31. The minimum Gasteiger partial charge on any atom is -0.495 e. The van der Waals surface area contributed by atoms with Crippen molar-refractivity contribution in [3.8, 4) is 5.75 Å². The van der Waals surface area contributed by atoms with Gasteiger partial charge in [0.05, 0.1) is 29.3 Å². The number of rotatable bonds is 8. The molecule has 0 spiro atoms. The van der Waals surface area contributed by atoms with Crippen LogP contribution in [0.4, 0.5) is 11.5 Å². The lowest BCUT2D eigenvalue weighted by molar-refractivity contribution is 0.141. The minimum absolute atomic E-state index is 0.0944. The van der Waals surface area contributed by atoms with Gasteiger partial charge in [0.1, 0.15) is 17.4 Å². The fourth-order valence-electron chi connectivity index (χ4n) is 4.92. The molecule has 0 bridgehead atoms. The highest BCUT2D eigenvalue weighted by atomic mass is 32.2. The van der Waals surface area contributed by atoms with Crippen molar-refractivity contribution >= 4 is 32.4 Å². The van der Waals surface area contributed by atoms with Crippen LogP contribution in [0.15, 0.2) is 77.7 Å². The first-order valence-corrected chi connectivity index (χ1v) is 14.7. The number of fused-ring (bicyclic) bond motifs is 1. The van der Waals surface area contributed by atoms with Crippen molar-refractivity contribution in [3.05, 3.63) is 84.2 Å². The van der Waals surface area contributed by atoms with E-state index in [1.807, 2.05) is 60.7 Å². The number of anilines is 2. The number of para-hydroxylation sites is 3. The van der Waals surface area contributed by atoms with Crippen LogP contribution < -0.4 is 10.1 Å². The zero-order valence-electron chi connectivity index (χ0n) is 22.8. The highest BCUT2D eigenvalue weighted by Crippen LogP contribution is 2.32. The third-order valence-electron chi connectivity index (χ3n) is 7.36. The monoisotopic (exact) mass is 545 g/mol. The van der Waals surface area contributed by atoms with Gasteiger partial charge in [0.2, 0.25) is 10.0 Å². The molecule has 1 saturated heterocycles. The van der Waals surface area contributed by atoms with E-state index in [0.29, 0.717) is 48.6 Å². The summed E-state index contributed by atoms with van der Waals surface area (Å²) in [6.07, 6.45) is 0. The molecule has 0 unspecified atom stereocenters. The molecule has 3 aromatic carbocycles. The molecular weight excluding hydrogens is 510 g/mol. The summed E-state index contributed by atoms with van der Waals surface area (Å²) in [5, 5.41) is 4.35. The van der Waals surface area contributed by atoms with E-state index in [4.69, 9.17) is 14.7 Å². The molecular formula is C30H35N5O3S. The third kappa shape index (κ3) is 5.61. The van der Waals surface area contributed by atoms with Crippen LogP contribution in [0.25, 0.3) is 10.9 Å². The number of ether oxygens (including phenoxy) is 1. The first-order valence-electron chi connectivity index (χ1n) is 13.3. The summed E-state index contributed by atoms with van der Waals surface area (Å²) >= 11 is 0. The number of piperazine rings is 1. The zero-order valence-corrected chi connectivity index (χ0v) is 23.6. The lowest BCUT2D eigenvalue weighted by Crippen LogP contribution is -2.49. The smallest absolute Gasteiger partial charge is 0.243 e. The Hall–Kier alpha value is -3.53. The van der Waals surface area contributed by atoms with E-state index >= 15 is 0 Å². The van der Waals surface area contributed by atoms with Crippen LogP contribution in [0, 0.1) is 0 Å². The Morgan fingerprint density at radius 3 is 2.21 bits per heavy atom. The Morgan fingerprint density at radius 2 is 1.51 bits per heavy atom. The fourth-order valence-corrected chi connectivity index (χ4v) is 6.34. The first-order chi connectivity index (χ1) is 18.8. The number of nitrogens with one attached hydrogen (secondary N) is 1. The number of hydrogen-bond acceptors (Lipinski definition) is 7. The molecule has 4 aromatic rings. The molecule has 39 heavy (non-hydrogen) atoms. The van der Waals surface area contributed by atoms with Crippen LogP contribution in [-0.4, -0.2) is 60.9 Å². The van der Waals surface area contributed by atoms with Gasteiger partial charge in [-0.15, -0.1) is 0 Å². The predicted molar refractivity (Wildman–Crippen MR) is 155 cm³/mol. The van der Waals surface area contributed by atoms with Gasteiger partial charge in [-0.05, 0) is 54.8 Å². The van der Waals surface area contributed by atoms with E-state index in [-0.39, 0.29) is 6.04 Å². The Labute approximate surface area is 230 Å². The van der Waals surface area contributed by atoms with Crippen molar-refractivity contribution in [1.82, 2.24) is 19.2 Å². The maximum Gasteiger partial charge on any atom is 0.243 e. The summed E-state index contributed by atoms with van der Waals surface area (Å²) in [6.45, 7) is 8.29. The maximum atomic E-state index is 13.3. The molecule has 1 fully saturated rings. The molecule has 9 heteroatoms. The second-order valence-corrected chi connectivity index (χ2v) is 12.1. The fraction of sp³-hybridized carbons (Fsp3) is 0.333. The van der Waals surface area contributed by atoms with Crippen molar-refractivity contribution < 1.29 is 13.2 Å². The normalized spacial score (nSPS) is 15.9. The van der Waals surface area contributed by atoms with Crippen LogP contribution in [0.3, 0.4) is 0 Å². The molecule has 0 amide bonds. The minimum atomic E-state index is -3.54. The van der Waals surface area contributed by atoms with E-state index in [1.54, 1.807) is 23.5 Å². The Balaban J connectivity index is 1.35. The molecule has 1 N–H and O–H groups in total. The lowest BCUT2D eigenvalue weighted by atomic mass is 10.0. The summed E-state index contributed by atoms with van der Waals surface area (Å²) in [6, 6.07) is 22.8. The van der Waals surface area contributed by atoms with Gasteiger partial charge in [0.15, 0.2) is 0 Å². The van der Waals surface area contributed by atoms with Gasteiger partial charge in [0.25, 0.3) is 0 Å². The van der Waals surface area contributed by atoms with Crippen LogP contribution >= 0.6 is 0 Å². The zero-order chi connectivity index (χ0) is 27.6. The lowest BCUT2D eigenvalue weighted by Gasteiger charge is -2.37. The summed E-state index contributed by atoms with van der Waals surface area (Å²) in [4.78, 5) is 12.4. The molecule has 0 saturated carbocycles. The Bertz CT molecular complexity index is 1550. The SMILES string of the molecule is COc1ccccc1Nc1nc([C@@H](C)N2CCN(S(=O)(=O)c3ccc(C(C)C)cc3)CC2)nc2ccccc12. The maximum absolute atomic E-state index is 13.3. The second-order valence-electron chi connectivity index (χ2n) is 10.1. The average molecular weight is 546 g/mol. The van der Waals surface area contributed by atoms with Gasteiger partial charge in [-0.1, -0.05) is 50.2 Å². The number of sulfonamides is 1. The van der Waals surface area contributed by atoms with Gasteiger partial charge < -0.3 is 10.1 Å². The first kappa shape index (κ1) is 27.1. The molecule has 0 aliphatic carbocycles. The molecule has 5 rings (SSSR count). The van der Waals surface area contributed by atoms with Crippen molar-refractivity contribution in [2.24, 2.45) is 0 Å². The number of nitrogens with zero attached hydrogens (tertiary/aromatic N) is 4. The molecule has 1 atom stereocenters. The molecule has 1 aliphatic heterocycles. The topological polar surface area (TPSA) is 87.7 Å². The van der Waals surface area contributed by atoms with E-state index in [0.717, 1.165) is 27.9 Å². The van der Waals surface area contributed by atoms with E-state index in [1.165, 1.54) is 0 Å². The van der Waals surface area contributed by atoms with Crippen molar-refractivity contribution in [3.63, 3.8) is 0 Å². The van der Waals surface area contributed by atoms with E-state index in [2.05, 4.69) is 31.0 Å². The molecule has 204 valence electrons. The third-order valence-corrected chi connectivity index (χ3v) is 9.27. The van der Waals surface area contributed by atoms with Gasteiger partial charge in [-0.3, -0.25) is 4.90 Å². The number of aromatic nitrogens is 2.